The predicted molar refractivity (Wildman–Crippen MR) is 160 cm³/mol. The van der Waals surface area contributed by atoms with Crippen molar-refractivity contribution in [3.63, 3.8) is 0 Å². The van der Waals surface area contributed by atoms with Gasteiger partial charge in [-0.25, -0.2) is 22.8 Å². The minimum absolute atomic E-state index is 0.0252. The second-order valence-electron chi connectivity index (χ2n) is 12.5. The van der Waals surface area contributed by atoms with Crippen LogP contribution >= 0.6 is 11.6 Å². The first-order valence-electron chi connectivity index (χ1n) is 14.7. The zero-order valence-electron chi connectivity index (χ0n) is 24.8. The molecule has 4 N–H and O–H groups in total. The number of pyridine rings is 1. The Bertz CT molecular complexity index is 1940. The van der Waals surface area contributed by atoms with Gasteiger partial charge < -0.3 is 25.6 Å². The molecule has 2 saturated carbocycles. The Balaban J connectivity index is 1.28. The standard InChI is InChI=1S/C32H29ClF3N5O5/c1-30(29(37)43)14-46-27-19(30)11-23(39-26(27)24-20(34)9-18(33)10-21(24)35)32(44,17-3-4-17)13-38-28(42)15-7-16-12-41(31(36)5-6-31)40-25(16)22(8-15)45-2/h7-12,17,44H,3-6,13-14H2,1-2H3,(H2,37,43)(H,38,42)/t30-,32?/m0/s1. The van der Waals surface area contributed by atoms with Crippen LogP contribution in [0, 0.1) is 17.6 Å². The lowest BCUT2D eigenvalue weighted by Gasteiger charge is -2.30. The lowest BCUT2D eigenvalue weighted by Crippen LogP contribution is -2.44. The van der Waals surface area contributed by atoms with E-state index in [-0.39, 0.29) is 58.1 Å². The topological polar surface area (TPSA) is 142 Å². The van der Waals surface area contributed by atoms with Gasteiger partial charge in [-0.3, -0.25) is 9.59 Å². The van der Waals surface area contributed by atoms with E-state index < -0.39 is 45.8 Å². The molecule has 4 aromatic rings. The van der Waals surface area contributed by atoms with Crippen LogP contribution in [-0.4, -0.2) is 51.9 Å². The third-order valence-corrected chi connectivity index (χ3v) is 9.42. The summed E-state index contributed by atoms with van der Waals surface area (Å²) in [5.41, 5.74) is 2.44. The number of ether oxygens (including phenoxy) is 2. The molecule has 2 fully saturated rings. The molecule has 0 bridgehead atoms. The van der Waals surface area contributed by atoms with Gasteiger partial charge in [-0.05, 0) is 56.0 Å². The Morgan fingerprint density at radius 2 is 1.91 bits per heavy atom. The minimum atomic E-state index is -1.81. The fourth-order valence-corrected chi connectivity index (χ4v) is 6.19. The highest BCUT2D eigenvalue weighted by Crippen LogP contribution is 2.51. The molecule has 0 spiro atoms. The van der Waals surface area contributed by atoms with Gasteiger partial charge in [-0.2, -0.15) is 5.10 Å². The second-order valence-corrected chi connectivity index (χ2v) is 12.9. The lowest BCUT2D eigenvalue weighted by atomic mass is 9.81. The quantitative estimate of drug-likeness (QED) is 0.239. The molecular weight excluding hydrogens is 627 g/mol. The van der Waals surface area contributed by atoms with Crippen LogP contribution in [0.15, 0.2) is 36.5 Å². The third-order valence-electron chi connectivity index (χ3n) is 9.20. The minimum Gasteiger partial charge on any atom is -0.494 e. The Hall–Kier alpha value is -4.36. The highest BCUT2D eigenvalue weighted by molar-refractivity contribution is 6.30. The van der Waals surface area contributed by atoms with Crippen LogP contribution in [-0.2, 0) is 21.6 Å². The molecule has 2 aromatic heterocycles. The van der Waals surface area contributed by atoms with Gasteiger partial charge in [0.2, 0.25) is 11.7 Å². The number of hydrogen-bond acceptors (Lipinski definition) is 7. The molecule has 2 aliphatic carbocycles. The van der Waals surface area contributed by atoms with Crippen LogP contribution in [0.3, 0.4) is 0 Å². The highest BCUT2D eigenvalue weighted by atomic mass is 35.5. The van der Waals surface area contributed by atoms with Gasteiger partial charge in [0.1, 0.15) is 52.0 Å². The van der Waals surface area contributed by atoms with Crippen molar-refractivity contribution in [2.45, 2.75) is 49.4 Å². The van der Waals surface area contributed by atoms with Gasteiger partial charge in [0.05, 0.1) is 24.9 Å². The molecular formula is C32H29ClF3N5O5. The monoisotopic (exact) mass is 655 g/mol. The van der Waals surface area contributed by atoms with Crippen LogP contribution < -0.4 is 20.5 Å². The van der Waals surface area contributed by atoms with Crippen molar-refractivity contribution in [1.82, 2.24) is 20.1 Å². The maximum absolute atomic E-state index is 15.2. The van der Waals surface area contributed by atoms with Gasteiger partial charge >= 0.3 is 0 Å². The molecule has 1 aliphatic heterocycles. The largest absolute Gasteiger partial charge is 0.494 e. The third kappa shape index (κ3) is 4.75. The van der Waals surface area contributed by atoms with Gasteiger partial charge in [-0.15, -0.1) is 0 Å². The Morgan fingerprint density at radius 3 is 2.52 bits per heavy atom. The number of primary amides is 1. The van der Waals surface area contributed by atoms with E-state index >= 15 is 8.78 Å². The number of amides is 2. The number of nitrogens with zero attached hydrogens (tertiary/aromatic N) is 3. The first kappa shape index (κ1) is 30.3. The number of alkyl halides is 1. The van der Waals surface area contributed by atoms with Gasteiger partial charge in [0.25, 0.3) is 5.91 Å². The molecule has 1 unspecified atom stereocenters. The van der Waals surface area contributed by atoms with Crippen molar-refractivity contribution >= 4 is 34.3 Å². The Kier molecular flexibility index (Phi) is 6.80. The van der Waals surface area contributed by atoms with Crippen LogP contribution in [0.1, 0.15) is 54.2 Å². The first-order valence-corrected chi connectivity index (χ1v) is 15.1. The van der Waals surface area contributed by atoms with Crippen molar-refractivity contribution in [3.05, 3.63) is 70.0 Å². The molecule has 3 heterocycles. The Morgan fingerprint density at radius 1 is 1.22 bits per heavy atom. The molecule has 0 radical (unpaired) electrons. The van der Waals surface area contributed by atoms with Crippen LogP contribution in [0.2, 0.25) is 5.02 Å². The molecule has 2 amide bonds. The van der Waals surface area contributed by atoms with Crippen molar-refractivity contribution in [1.29, 1.82) is 0 Å². The number of carbonyl (C=O) groups excluding carboxylic acids is 2. The number of rotatable bonds is 9. The van der Waals surface area contributed by atoms with Crippen LogP contribution in [0.4, 0.5) is 13.2 Å². The molecule has 240 valence electrons. The maximum Gasteiger partial charge on any atom is 0.251 e. The van der Waals surface area contributed by atoms with Gasteiger partial charge in [0.15, 0.2) is 0 Å². The summed E-state index contributed by atoms with van der Waals surface area (Å²) in [7, 11) is 1.41. The van der Waals surface area contributed by atoms with Crippen molar-refractivity contribution in [2.75, 3.05) is 20.3 Å². The normalized spacial score (nSPS) is 20.9. The molecule has 14 heteroatoms. The number of benzene rings is 2. The average molecular weight is 656 g/mol. The highest BCUT2D eigenvalue weighted by Gasteiger charge is 2.50. The van der Waals surface area contributed by atoms with Crippen LogP contribution in [0.25, 0.3) is 22.2 Å². The number of aliphatic hydroxyl groups is 1. The molecule has 2 aromatic carbocycles. The maximum atomic E-state index is 15.2. The van der Waals surface area contributed by atoms with E-state index in [0.717, 1.165) is 12.1 Å². The number of nitrogens with two attached hydrogens (primary N) is 1. The number of methoxy groups -OCH3 is 1. The summed E-state index contributed by atoms with van der Waals surface area (Å²) in [5.74, 6) is -5.07. The summed E-state index contributed by atoms with van der Waals surface area (Å²) in [6, 6.07) is 6.30. The van der Waals surface area contributed by atoms with Crippen molar-refractivity contribution in [2.24, 2.45) is 11.7 Å². The first-order chi connectivity index (χ1) is 21.8. The summed E-state index contributed by atoms with van der Waals surface area (Å²) in [4.78, 5) is 30.6. The number of carbonyl (C=O) groups is 2. The number of nitrogens with one attached hydrogen (secondary N) is 1. The molecule has 10 nitrogen and oxygen atoms in total. The smallest absolute Gasteiger partial charge is 0.251 e. The molecule has 0 saturated heterocycles. The summed E-state index contributed by atoms with van der Waals surface area (Å²) >= 11 is 5.86. The summed E-state index contributed by atoms with van der Waals surface area (Å²) in [6.45, 7) is 0.977. The SMILES string of the molecule is COc1cc(C(=O)NCC(O)(c2cc3c(c(-c4c(F)cc(Cl)cc4F)n2)OC[C@]3(C)C(N)=O)C2CC2)cc2cn(C3(F)CC3)nc12. The number of aromatic nitrogens is 3. The Labute approximate surface area is 265 Å². The molecule has 7 rings (SSSR count). The predicted octanol–water partition coefficient (Wildman–Crippen LogP) is 4.62. The molecule has 46 heavy (non-hydrogen) atoms. The van der Waals surface area contributed by atoms with E-state index in [2.05, 4.69) is 15.4 Å². The number of halogens is 4. The van der Waals surface area contributed by atoms with Crippen LogP contribution in [0.5, 0.6) is 11.5 Å². The zero-order valence-corrected chi connectivity index (χ0v) is 25.6. The van der Waals surface area contributed by atoms with E-state index in [4.69, 9.17) is 26.8 Å². The fourth-order valence-electron chi connectivity index (χ4n) is 6.00. The van der Waals surface area contributed by atoms with Gasteiger partial charge in [-0.1, -0.05) is 11.6 Å². The van der Waals surface area contributed by atoms with E-state index in [1.807, 2.05) is 0 Å². The number of fused-ring (bicyclic) bond motifs is 2. The van der Waals surface area contributed by atoms with E-state index in [1.165, 1.54) is 37.0 Å². The van der Waals surface area contributed by atoms with Crippen molar-refractivity contribution in [3.8, 4) is 22.8 Å². The van der Waals surface area contributed by atoms with Crippen molar-refractivity contribution < 1.29 is 37.3 Å². The molecule has 3 aliphatic rings. The number of hydrogen-bond donors (Lipinski definition) is 3. The average Bonchev–Trinajstić information content (AvgIpc) is 3.93. The second kappa shape index (κ2) is 10.3. The zero-order chi connectivity index (χ0) is 32.8. The van der Waals surface area contributed by atoms with E-state index in [1.54, 1.807) is 6.07 Å². The van der Waals surface area contributed by atoms with E-state index in [0.29, 0.717) is 36.6 Å². The summed E-state index contributed by atoms with van der Waals surface area (Å²) < 4.78 is 57.6. The summed E-state index contributed by atoms with van der Waals surface area (Å²) in [6.07, 6.45) is 3.37. The summed E-state index contributed by atoms with van der Waals surface area (Å²) in [5, 5.41) is 19.5. The van der Waals surface area contributed by atoms with E-state index in [9.17, 15) is 19.1 Å². The van der Waals surface area contributed by atoms with Gasteiger partial charge in [0, 0.05) is 40.6 Å². The lowest BCUT2D eigenvalue weighted by molar-refractivity contribution is -0.123. The fraction of sp³-hybridized carbons (Fsp3) is 0.375. The molecule has 2 atom stereocenters.